The molecule has 0 radical (unpaired) electrons. The molecule has 2 amide bonds. The van der Waals surface area contributed by atoms with E-state index in [1.54, 1.807) is 4.90 Å². The second kappa shape index (κ2) is 6.89. The van der Waals surface area contributed by atoms with Crippen LogP contribution in [0.2, 0.25) is 0 Å². The molecular weight excluding hydrogens is 296 g/mol. The van der Waals surface area contributed by atoms with Crippen LogP contribution in [0.25, 0.3) is 0 Å². The molecule has 1 aliphatic heterocycles. The molecule has 2 N–H and O–H groups in total. The predicted molar refractivity (Wildman–Crippen MR) is 85.7 cm³/mol. The highest BCUT2D eigenvalue weighted by molar-refractivity contribution is 5.84. The van der Waals surface area contributed by atoms with Crippen LogP contribution in [0.15, 0.2) is 0 Å². The minimum Gasteiger partial charge on any atom is -0.481 e. The average molecular weight is 324 g/mol. The molecule has 2 aliphatic rings. The van der Waals surface area contributed by atoms with Crippen molar-refractivity contribution < 1.29 is 19.5 Å². The summed E-state index contributed by atoms with van der Waals surface area (Å²) in [5.74, 6) is -1.25. The zero-order valence-corrected chi connectivity index (χ0v) is 14.3. The molecule has 23 heavy (non-hydrogen) atoms. The van der Waals surface area contributed by atoms with Gasteiger partial charge in [0.2, 0.25) is 11.8 Å². The highest BCUT2D eigenvalue weighted by Gasteiger charge is 2.35. The van der Waals surface area contributed by atoms with Crippen molar-refractivity contribution in [3.05, 3.63) is 0 Å². The first-order valence-corrected chi connectivity index (χ1v) is 8.51. The number of carboxylic acid groups (broad SMARTS) is 1. The van der Waals surface area contributed by atoms with E-state index in [-0.39, 0.29) is 29.7 Å². The summed E-state index contributed by atoms with van der Waals surface area (Å²) in [6, 6.07) is -0.0442. The molecule has 0 aromatic rings. The molecule has 3 atom stereocenters. The first-order valence-electron chi connectivity index (χ1n) is 8.51. The highest BCUT2D eigenvalue weighted by atomic mass is 16.4. The van der Waals surface area contributed by atoms with E-state index < -0.39 is 11.4 Å². The number of carbonyl (C=O) groups excluding carboxylic acids is 2. The third-order valence-corrected chi connectivity index (χ3v) is 4.85. The smallest absolute Gasteiger partial charge is 0.306 e. The molecule has 1 saturated carbocycles. The number of piperidine rings is 1. The van der Waals surface area contributed by atoms with Crippen LogP contribution in [0.4, 0.5) is 0 Å². The quantitative estimate of drug-likeness (QED) is 0.826. The van der Waals surface area contributed by atoms with Gasteiger partial charge in [0.25, 0.3) is 0 Å². The second-order valence-corrected chi connectivity index (χ2v) is 7.89. The van der Waals surface area contributed by atoms with Gasteiger partial charge in [0.05, 0.1) is 11.8 Å². The third-order valence-electron chi connectivity index (χ3n) is 4.85. The minimum atomic E-state index is -0.777. The maximum Gasteiger partial charge on any atom is 0.306 e. The van der Waals surface area contributed by atoms with Crippen LogP contribution in [0, 0.1) is 17.3 Å². The molecule has 0 bridgehead atoms. The van der Waals surface area contributed by atoms with Crippen LogP contribution in [0.1, 0.15) is 52.9 Å². The molecule has 6 nitrogen and oxygen atoms in total. The van der Waals surface area contributed by atoms with E-state index in [0.717, 1.165) is 19.3 Å². The highest BCUT2D eigenvalue weighted by Crippen LogP contribution is 2.27. The minimum absolute atomic E-state index is 0.0348. The zero-order chi connectivity index (χ0) is 17.2. The van der Waals surface area contributed by atoms with Crippen LogP contribution in [-0.2, 0) is 14.4 Å². The number of nitrogens with one attached hydrogen (secondary N) is 1. The molecule has 1 aliphatic carbocycles. The zero-order valence-electron chi connectivity index (χ0n) is 14.3. The lowest BCUT2D eigenvalue weighted by Crippen LogP contribution is -2.49. The monoisotopic (exact) mass is 324 g/mol. The standard InChI is InChI=1S/C17H28N2O4/c1-17(2,3)16(23)19-8-4-5-12(10-19)14(20)18-13-7-6-11(9-13)15(21)22/h11-13H,4-10H2,1-3H3,(H,18,20)(H,21,22)/t11-,12?,13+/m0/s1. The summed E-state index contributed by atoms with van der Waals surface area (Å²) < 4.78 is 0. The predicted octanol–water partition coefficient (Wildman–Crippen LogP) is 1.64. The van der Waals surface area contributed by atoms with Gasteiger partial charge in [0.1, 0.15) is 0 Å². The molecule has 6 heteroatoms. The van der Waals surface area contributed by atoms with E-state index in [0.29, 0.717) is 25.9 Å². The van der Waals surface area contributed by atoms with Crippen LogP contribution in [0.5, 0.6) is 0 Å². The number of rotatable bonds is 3. The van der Waals surface area contributed by atoms with E-state index in [2.05, 4.69) is 5.32 Å². The van der Waals surface area contributed by atoms with Gasteiger partial charge in [-0.3, -0.25) is 14.4 Å². The van der Waals surface area contributed by atoms with Gasteiger partial charge in [0.15, 0.2) is 0 Å². The van der Waals surface area contributed by atoms with Gasteiger partial charge in [-0.15, -0.1) is 0 Å². The third kappa shape index (κ3) is 4.45. The molecule has 2 rings (SSSR count). The first-order chi connectivity index (χ1) is 10.7. The van der Waals surface area contributed by atoms with Crippen molar-refractivity contribution >= 4 is 17.8 Å². The number of hydrogen-bond donors (Lipinski definition) is 2. The lowest BCUT2D eigenvalue weighted by molar-refractivity contribution is -0.143. The number of hydrogen-bond acceptors (Lipinski definition) is 3. The fraction of sp³-hybridized carbons (Fsp3) is 0.824. The van der Waals surface area contributed by atoms with E-state index in [1.165, 1.54) is 0 Å². The molecule has 1 saturated heterocycles. The summed E-state index contributed by atoms with van der Waals surface area (Å²) in [5, 5.41) is 12.0. The van der Waals surface area contributed by atoms with Crippen molar-refractivity contribution in [1.82, 2.24) is 10.2 Å². The molecular formula is C17H28N2O4. The maximum atomic E-state index is 12.5. The Balaban J connectivity index is 1.88. The summed E-state index contributed by atoms with van der Waals surface area (Å²) >= 11 is 0. The van der Waals surface area contributed by atoms with Gasteiger partial charge in [-0.1, -0.05) is 20.8 Å². The van der Waals surface area contributed by atoms with Crippen molar-refractivity contribution in [2.24, 2.45) is 17.3 Å². The number of carbonyl (C=O) groups is 3. The van der Waals surface area contributed by atoms with Crippen molar-refractivity contribution in [3.63, 3.8) is 0 Å². The summed E-state index contributed by atoms with van der Waals surface area (Å²) in [6.07, 6.45) is 3.48. The van der Waals surface area contributed by atoms with Crippen LogP contribution in [0.3, 0.4) is 0 Å². The van der Waals surface area contributed by atoms with Gasteiger partial charge in [0, 0.05) is 24.5 Å². The SMILES string of the molecule is CC(C)(C)C(=O)N1CCCC(C(=O)N[C@@H]2CC[C@H](C(=O)O)C2)C1. The van der Waals surface area contributed by atoms with Gasteiger partial charge in [-0.05, 0) is 32.1 Å². The lowest BCUT2D eigenvalue weighted by Gasteiger charge is -2.36. The molecule has 1 unspecified atom stereocenters. The summed E-state index contributed by atoms with van der Waals surface area (Å²) in [4.78, 5) is 37.6. The molecule has 0 aromatic heterocycles. The largest absolute Gasteiger partial charge is 0.481 e. The Kier molecular flexibility index (Phi) is 5.32. The van der Waals surface area contributed by atoms with E-state index in [9.17, 15) is 14.4 Å². The van der Waals surface area contributed by atoms with E-state index in [4.69, 9.17) is 5.11 Å². The maximum absolute atomic E-state index is 12.5. The summed E-state index contributed by atoms with van der Waals surface area (Å²) in [7, 11) is 0. The van der Waals surface area contributed by atoms with Crippen LogP contribution < -0.4 is 5.32 Å². The molecule has 0 spiro atoms. The Bertz CT molecular complexity index is 483. The van der Waals surface area contributed by atoms with Gasteiger partial charge in [-0.2, -0.15) is 0 Å². The number of aliphatic carboxylic acids is 1. The molecule has 2 fully saturated rings. The Morgan fingerprint density at radius 1 is 1.09 bits per heavy atom. The molecule has 1 heterocycles. The summed E-state index contributed by atoms with van der Waals surface area (Å²) in [6.45, 7) is 6.86. The topological polar surface area (TPSA) is 86.7 Å². The second-order valence-electron chi connectivity index (χ2n) is 7.89. The van der Waals surface area contributed by atoms with Crippen molar-refractivity contribution in [3.8, 4) is 0 Å². The number of nitrogens with zero attached hydrogens (tertiary/aromatic N) is 1. The summed E-state index contributed by atoms with van der Waals surface area (Å²) in [5.41, 5.74) is -0.432. The van der Waals surface area contributed by atoms with Gasteiger partial charge >= 0.3 is 5.97 Å². The van der Waals surface area contributed by atoms with Crippen LogP contribution >= 0.6 is 0 Å². The van der Waals surface area contributed by atoms with Crippen LogP contribution in [-0.4, -0.2) is 46.9 Å². The van der Waals surface area contributed by atoms with Crippen molar-refractivity contribution in [2.45, 2.75) is 58.9 Å². The Labute approximate surface area is 137 Å². The lowest BCUT2D eigenvalue weighted by atomic mass is 9.90. The van der Waals surface area contributed by atoms with Gasteiger partial charge < -0.3 is 15.3 Å². The fourth-order valence-electron chi connectivity index (χ4n) is 3.51. The van der Waals surface area contributed by atoms with Crippen molar-refractivity contribution in [2.75, 3.05) is 13.1 Å². The Morgan fingerprint density at radius 3 is 2.35 bits per heavy atom. The average Bonchev–Trinajstić information content (AvgIpc) is 2.94. The number of carboxylic acids is 1. The molecule has 0 aromatic carbocycles. The van der Waals surface area contributed by atoms with E-state index in [1.807, 2.05) is 20.8 Å². The van der Waals surface area contributed by atoms with E-state index >= 15 is 0 Å². The first kappa shape index (κ1) is 17.8. The molecule has 130 valence electrons. The normalized spacial score (nSPS) is 28.5. The number of likely N-dealkylation sites (tertiary alicyclic amines) is 1. The fourth-order valence-corrected chi connectivity index (χ4v) is 3.51. The van der Waals surface area contributed by atoms with Crippen molar-refractivity contribution in [1.29, 1.82) is 0 Å². The van der Waals surface area contributed by atoms with Gasteiger partial charge in [-0.25, -0.2) is 0 Å². The Morgan fingerprint density at radius 2 is 1.78 bits per heavy atom. The number of amides is 2. The Hall–Kier alpha value is -1.59.